The highest BCUT2D eigenvalue weighted by atomic mass is 19.1. The topological polar surface area (TPSA) is 47.0 Å². The Hall–Kier alpha value is -2.17. The molecule has 112 valence electrons. The van der Waals surface area contributed by atoms with E-state index in [-0.39, 0.29) is 11.6 Å². The van der Waals surface area contributed by atoms with Crippen molar-refractivity contribution in [3.63, 3.8) is 0 Å². The molecule has 0 bridgehead atoms. The first-order valence-corrected chi connectivity index (χ1v) is 7.04. The number of halogens is 1. The highest BCUT2D eigenvalue weighted by molar-refractivity contribution is 5.40. The van der Waals surface area contributed by atoms with E-state index in [1.807, 2.05) is 31.2 Å². The summed E-state index contributed by atoms with van der Waals surface area (Å²) in [5, 5.41) is 3.00. The first-order valence-electron chi connectivity index (χ1n) is 7.04. The summed E-state index contributed by atoms with van der Waals surface area (Å²) < 4.78 is 19.3. The normalized spacial score (nSPS) is 10.5. The van der Waals surface area contributed by atoms with E-state index >= 15 is 0 Å². The van der Waals surface area contributed by atoms with Crippen LogP contribution < -0.4 is 10.1 Å². The molecule has 0 amide bonds. The molecule has 0 atom stereocenters. The number of aryl methyl sites for hydroxylation is 1. The third-order valence-electron chi connectivity index (χ3n) is 3.15. The lowest BCUT2D eigenvalue weighted by Gasteiger charge is -2.11. The fraction of sp³-hybridized carbons (Fsp3) is 0.375. The van der Waals surface area contributed by atoms with Crippen molar-refractivity contribution in [2.75, 3.05) is 19.0 Å². The largest absolute Gasteiger partial charge is 0.496 e. The monoisotopic (exact) mass is 289 g/mol. The second-order valence-corrected chi connectivity index (χ2v) is 4.80. The summed E-state index contributed by atoms with van der Waals surface area (Å²) in [7, 11) is 1.63. The van der Waals surface area contributed by atoms with Gasteiger partial charge in [0.2, 0.25) is 0 Å². The van der Waals surface area contributed by atoms with Crippen LogP contribution in [-0.2, 0) is 6.42 Å². The molecule has 0 aliphatic heterocycles. The Kier molecular flexibility index (Phi) is 5.09. The van der Waals surface area contributed by atoms with Gasteiger partial charge in [-0.25, -0.2) is 14.4 Å². The second-order valence-electron chi connectivity index (χ2n) is 4.80. The molecule has 0 spiro atoms. The number of hydrogen-bond acceptors (Lipinski definition) is 4. The maximum atomic E-state index is 14.0. The lowest BCUT2D eigenvalue weighted by atomic mass is 10.1. The van der Waals surface area contributed by atoms with Gasteiger partial charge in [0.05, 0.1) is 12.8 Å². The molecule has 0 unspecified atom stereocenters. The Labute approximate surface area is 124 Å². The Morgan fingerprint density at radius 2 is 2.00 bits per heavy atom. The number of anilines is 1. The lowest BCUT2D eigenvalue weighted by molar-refractivity contribution is 0.410. The van der Waals surface area contributed by atoms with Crippen LogP contribution in [0.2, 0.25) is 0 Å². The molecule has 21 heavy (non-hydrogen) atoms. The van der Waals surface area contributed by atoms with Gasteiger partial charge in [-0.1, -0.05) is 25.1 Å². The molecule has 1 aromatic carbocycles. The maximum absolute atomic E-state index is 14.0. The standard InChI is InChI=1S/C16H20FN3O/c1-4-9-18-16-15(17)11(2)19-14(20-16)10-12-7-5-6-8-13(12)21-3/h5-8H,4,9-10H2,1-3H3,(H,18,19,20). The van der Waals surface area contributed by atoms with Crippen molar-refractivity contribution < 1.29 is 9.13 Å². The van der Waals surface area contributed by atoms with Crippen molar-refractivity contribution in [3.8, 4) is 5.75 Å². The molecule has 4 nitrogen and oxygen atoms in total. The third kappa shape index (κ3) is 3.68. The van der Waals surface area contributed by atoms with Crippen LogP contribution in [0.3, 0.4) is 0 Å². The van der Waals surface area contributed by atoms with Gasteiger partial charge in [0.1, 0.15) is 11.6 Å². The first-order chi connectivity index (χ1) is 10.2. The zero-order valence-corrected chi connectivity index (χ0v) is 12.6. The average molecular weight is 289 g/mol. The number of hydrogen-bond donors (Lipinski definition) is 1. The summed E-state index contributed by atoms with van der Waals surface area (Å²) in [5.41, 5.74) is 1.33. The Bertz CT molecular complexity index is 616. The predicted octanol–water partition coefficient (Wildman–Crippen LogP) is 3.35. The van der Waals surface area contributed by atoms with Crippen molar-refractivity contribution in [3.05, 3.63) is 47.2 Å². The third-order valence-corrected chi connectivity index (χ3v) is 3.15. The quantitative estimate of drug-likeness (QED) is 0.886. The summed E-state index contributed by atoms with van der Waals surface area (Å²) in [5.74, 6) is 1.25. The molecule has 2 rings (SSSR count). The van der Waals surface area contributed by atoms with E-state index in [0.29, 0.717) is 24.5 Å². The SMILES string of the molecule is CCCNc1nc(Cc2ccccc2OC)nc(C)c1F. The molecular formula is C16H20FN3O. The smallest absolute Gasteiger partial charge is 0.186 e. The van der Waals surface area contributed by atoms with Crippen molar-refractivity contribution in [1.82, 2.24) is 9.97 Å². The van der Waals surface area contributed by atoms with Gasteiger partial charge in [0, 0.05) is 18.5 Å². The summed E-state index contributed by atoms with van der Waals surface area (Å²) >= 11 is 0. The average Bonchev–Trinajstić information content (AvgIpc) is 2.50. The summed E-state index contributed by atoms with van der Waals surface area (Å²) in [4.78, 5) is 8.52. The van der Waals surface area contributed by atoms with Crippen molar-refractivity contribution in [2.45, 2.75) is 26.7 Å². The molecule has 0 fully saturated rings. The zero-order chi connectivity index (χ0) is 15.2. The van der Waals surface area contributed by atoms with Gasteiger partial charge in [-0.3, -0.25) is 0 Å². The van der Waals surface area contributed by atoms with Gasteiger partial charge in [-0.15, -0.1) is 0 Å². The van der Waals surface area contributed by atoms with E-state index in [9.17, 15) is 4.39 Å². The van der Waals surface area contributed by atoms with Crippen LogP contribution in [0.1, 0.15) is 30.4 Å². The van der Waals surface area contributed by atoms with E-state index in [1.165, 1.54) is 0 Å². The van der Waals surface area contributed by atoms with E-state index in [1.54, 1.807) is 14.0 Å². The van der Waals surface area contributed by atoms with Crippen molar-refractivity contribution in [2.24, 2.45) is 0 Å². The number of nitrogens with zero attached hydrogens (tertiary/aromatic N) is 2. The van der Waals surface area contributed by atoms with E-state index < -0.39 is 0 Å². The Morgan fingerprint density at radius 1 is 1.24 bits per heavy atom. The minimum atomic E-state index is -0.382. The summed E-state index contributed by atoms with van der Waals surface area (Å²) in [6.07, 6.45) is 1.41. The van der Waals surface area contributed by atoms with E-state index in [2.05, 4.69) is 15.3 Å². The fourth-order valence-electron chi connectivity index (χ4n) is 2.08. The van der Waals surface area contributed by atoms with Crippen molar-refractivity contribution in [1.29, 1.82) is 0 Å². The van der Waals surface area contributed by atoms with Crippen molar-refractivity contribution >= 4 is 5.82 Å². The van der Waals surface area contributed by atoms with Crippen LogP contribution in [-0.4, -0.2) is 23.6 Å². The second kappa shape index (κ2) is 7.02. The minimum absolute atomic E-state index is 0.272. The van der Waals surface area contributed by atoms with Crippen LogP contribution in [0.4, 0.5) is 10.2 Å². The van der Waals surface area contributed by atoms with E-state index in [4.69, 9.17) is 4.74 Å². The highest BCUT2D eigenvalue weighted by Gasteiger charge is 2.12. The molecule has 2 aromatic rings. The number of para-hydroxylation sites is 1. The molecule has 5 heteroatoms. The van der Waals surface area contributed by atoms with Gasteiger partial charge in [-0.05, 0) is 19.4 Å². The van der Waals surface area contributed by atoms with Gasteiger partial charge in [-0.2, -0.15) is 0 Å². The highest BCUT2D eigenvalue weighted by Crippen LogP contribution is 2.21. The summed E-state index contributed by atoms with van der Waals surface area (Å²) in [6.45, 7) is 4.36. The van der Waals surface area contributed by atoms with E-state index in [0.717, 1.165) is 17.7 Å². The molecule has 0 saturated carbocycles. The number of nitrogens with one attached hydrogen (secondary N) is 1. The Morgan fingerprint density at radius 3 is 2.71 bits per heavy atom. The zero-order valence-electron chi connectivity index (χ0n) is 12.6. The van der Waals surface area contributed by atoms with Crippen LogP contribution in [0.25, 0.3) is 0 Å². The molecule has 0 saturated heterocycles. The molecule has 0 aliphatic rings. The molecule has 0 radical (unpaired) electrons. The molecule has 0 aliphatic carbocycles. The predicted molar refractivity (Wildman–Crippen MR) is 81.3 cm³/mol. The van der Waals surface area contributed by atoms with Gasteiger partial charge in [0.25, 0.3) is 0 Å². The molecule has 1 aromatic heterocycles. The lowest BCUT2D eigenvalue weighted by Crippen LogP contribution is -2.10. The van der Waals surface area contributed by atoms with Crippen LogP contribution in [0.5, 0.6) is 5.75 Å². The number of aromatic nitrogens is 2. The fourth-order valence-corrected chi connectivity index (χ4v) is 2.08. The van der Waals surface area contributed by atoms with Crippen LogP contribution in [0.15, 0.2) is 24.3 Å². The first kappa shape index (κ1) is 15.2. The number of rotatable bonds is 6. The van der Waals surface area contributed by atoms with Crippen LogP contribution in [0, 0.1) is 12.7 Å². The number of ether oxygens (including phenoxy) is 1. The number of methoxy groups -OCH3 is 1. The summed E-state index contributed by atoms with van der Waals surface area (Å²) in [6, 6.07) is 7.69. The Balaban J connectivity index is 2.29. The van der Waals surface area contributed by atoms with Gasteiger partial charge >= 0.3 is 0 Å². The van der Waals surface area contributed by atoms with Crippen LogP contribution >= 0.6 is 0 Å². The number of benzene rings is 1. The molecule has 1 heterocycles. The maximum Gasteiger partial charge on any atom is 0.186 e. The molecular weight excluding hydrogens is 269 g/mol. The molecule has 1 N–H and O–H groups in total. The van der Waals surface area contributed by atoms with Gasteiger partial charge in [0.15, 0.2) is 11.6 Å². The van der Waals surface area contributed by atoms with Gasteiger partial charge < -0.3 is 10.1 Å². The minimum Gasteiger partial charge on any atom is -0.496 e.